The lowest BCUT2D eigenvalue weighted by Crippen LogP contribution is -2.52. The average Bonchev–Trinajstić information content (AvgIpc) is 3.47. The van der Waals surface area contributed by atoms with Crippen LogP contribution in [0.3, 0.4) is 0 Å². The van der Waals surface area contributed by atoms with Crippen LogP contribution in [0.5, 0.6) is 0 Å². The van der Waals surface area contributed by atoms with Crippen LogP contribution >= 0.6 is 31.9 Å². The first kappa shape index (κ1) is 24.7. The molecule has 9 nitrogen and oxygen atoms in total. The fourth-order valence-electron chi connectivity index (χ4n) is 5.54. The van der Waals surface area contributed by atoms with Crippen LogP contribution in [0.15, 0.2) is 48.5 Å². The van der Waals surface area contributed by atoms with E-state index < -0.39 is 52.6 Å². The van der Waals surface area contributed by atoms with E-state index in [0.29, 0.717) is 6.42 Å². The lowest BCUT2D eigenvalue weighted by Gasteiger charge is -2.30. The number of hydrazine groups is 1. The normalized spacial score (nSPS) is 28.4. The van der Waals surface area contributed by atoms with E-state index in [1.807, 2.05) is 0 Å². The van der Waals surface area contributed by atoms with Gasteiger partial charge in [-0.05, 0) is 54.7 Å². The molecule has 0 unspecified atom stereocenters. The molecular formula is C24H18Br2FN3O6. The maximum Gasteiger partial charge on any atom is 0.273 e. The molecule has 1 saturated heterocycles. The monoisotopic (exact) mass is 621 g/mol. The Morgan fingerprint density at radius 1 is 0.944 bits per heavy atom. The molecule has 6 atom stereocenters. The highest BCUT2D eigenvalue weighted by molar-refractivity contribution is 9.12. The molecule has 2 aromatic rings. The number of hydrogen-bond donors (Lipinski definition) is 0. The summed E-state index contributed by atoms with van der Waals surface area (Å²) in [4.78, 5) is 64.0. The first-order valence-electron chi connectivity index (χ1n) is 11.1. The third-order valence-electron chi connectivity index (χ3n) is 7.22. The summed E-state index contributed by atoms with van der Waals surface area (Å²) in [5, 5.41) is 12.6. The third-order valence-corrected chi connectivity index (χ3v) is 10.4. The average molecular weight is 623 g/mol. The van der Waals surface area contributed by atoms with Crippen molar-refractivity contribution in [1.29, 1.82) is 0 Å². The van der Waals surface area contributed by atoms with Crippen molar-refractivity contribution in [3.8, 4) is 0 Å². The summed E-state index contributed by atoms with van der Waals surface area (Å²) in [6, 6.07) is 9.34. The zero-order valence-electron chi connectivity index (χ0n) is 18.4. The topological polar surface area (TPSA) is 118 Å². The Labute approximate surface area is 221 Å². The Balaban J connectivity index is 1.50. The van der Waals surface area contributed by atoms with Crippen LogP contribution in [0.25, 0.3) is 0 Å². The van der Waals surface area contributed by atoms with Crippen molar-refractivity contribution in [3.63, 3.8) is 0 Å². The van der Waals surface area contributed by atoms with E-state index >= 15 is 0 Å². The van der Waals surface area contributed by atoms with Gasteiger partial charge in [-0.15, -0.1) is 0 Å². The van der Waals surface area contributed by atoms with Crippen molar-refractivity contribution < 1.29 is 28.5 Å². The maximum atomic E-state index is 13.5. The van der Waals surface area contributed by atoms with Crippen LogP contribution in [0.1, 0.15) is 27.1 Å². The van der Waals surface area contributed by atoms with Crippen molar-refractivity contribution >= 4 is 61.1 Å². The van der Waals surface area contributed by atoms with Gasteiger partial charge in [-0.25, -0.2) is 9.40 Å². The summed E-state index contributed by atoms with van der Waals surface area (Å²) in [5.74, 6) is -4.53. The first-order valence-corrected chi connectivity index (χ1v) is 12.9. The van der Waals surface area contributed by atoms with E-state index in [9.17, 15) is 33.7 Å². The van der Waals surface area contributed by atoms with Gasteiger partial charge >= 0.3 is 0 Å². The Morgan fingerprint density at radius 2 is 1.44 bits per heavy atom. The predicted octanol–water partition coefficient (Wildman–Crippen LogP) is 3.75. The van der Waals surface area contributed by atoms with Gasteiger partial charge in [0.1, 0.15) is 12.4 Å². The molecule has 0 radical (unpaired) electrons. The molecule has 5 rings (SSSR count). The minimum atomic E-state index is -0.833. The molecular weight excluding hydrogens is 605 g/mol. The second-order valence-electron chi connectivity index (χ2n) is 9.09. The standard InChI is InChI=1S/C24H18Br2FN3O6/c25-20-15-9-16(21(20)26)19-18(15)23(33)29(24(19)34)28(10-17(31)11-1-5-13(27)6-2-11)22(32)12-3-7-14(8-4-12)30(35)36/h1-8,15-16,18-21H,9-10H2/t15-,16-,18-,19+,20+,21+/m1/s1. The van der Waals surface area contributed by atoms with Gasteiger partial charge in [0.05, 0.1) is 16.8 Å². The maximum absolute atomic E-state index is 13.5. The minimum Gasteiger partial charge on any atom is -0.292 e. The lowest BCUT2D eigenvalue weighted by atomic mass is 9.81. The molecule has 3 fully saturated rings. The van der Waals surface area contributed by atoms with E-state index in [-0.39, 0.29) is 38.3 Å². The van der Waals surface area contributed by atoms with Crippen LogP contribution in [0.4, 0.5) is 10.1 Å². The molecule has 186 valence electrons. The number of amides is 3. The van der Waals surface area contributed by atoms with Crippen LogP contribution in [-0.2, 0) is 9.59 Å². The number of alkyl halides is 2. The van der Waals surface area contributed by atoms with Crippen molar-refractivity contribution in [2.24, 2.45) is 23.7 Å². The number of nitro benzene ring substituents is 1. The molecule has 0 aromatic heterocycles. The van der Waals surface area contributed by atoms with Gasteiger partial charge in [0.15, 0.2) is 5.78 Å². The van der Waals surface area contributed by atoms with Crippen molar-refractivity contribution in [2.75, 3.05) is 6.54 Å². The number of imide groups is 1. The summed E-state index contributed by atoms with van der Waals surface area (Å²) in [6.45, 7) is -0.650. The van der Waals surface area contributed by atoms with E-state index in [0.717, 1.165) is 34.3 Å². The van der Waals surface area contributed by atoms with E-state index in [2.05, 4.69) is 31.9 Å². The second kappa shape index (κ2) is 9.15. The zero-order valence-corrected chi connectivity index (χ0v) is 21.6. The molecule has 2 saturated carbocycles. The summed E-state index contributed by atoms with van der Waals surface area (Å²) in [5.41, 5.74) is -0.185. The smallest absolute Gasteiger partial charge is 0.273 e. The summed E-state index contributed by atoms with van der Waals surface area (Å²) in [7, 11) is 0. The van der Waals surface area contributed by atoms with Crippen LogP contribution in [-0.4, -0.2) is 54.6 Å². The minimum absolute atomic E-state index is 0.0138. The highest BCUT2D eigenvalue weighted by atomic mass is 79.9. The number of nitro groups is 1. The second-order valence-corrected chi connectivity index (χ2v) is 11.2. The number of halogens is 3. The van der Waals surface area contributed by atoms with Gasteiger partial charge in [-0.2, -0.15) is 5.01 Å². The predicted molar refractivity (Wildman–Crippen MR) is 131 cm³/mol. The molecule has 3 amide bonds. The number of carbonyl (C=O) groups is 4. The van der Waals surface area contributed by atoms with Crippen molar-refractivity contribution in [1.82, 2.24) is 10.0 Å². The van der Waals surface area contributed by atoms with E-state index in [1.165, 1.54) is 24.3 Å². The van der Waals surface area contributed by atoms with Crippen molar-refractivity contribution in [2.45, 2.75) is 16.1 Å². The van der Waals surface area contributed by atoms with Gasteiger partial charge < -0.3 is 0 Å². The van der Waals surface area contributed by atoms with Gasteiger partial charge in [-0.3, -0.25) is 29.3 Å². The number of fused-ring (bicyclic) bond motifs is 5. The fourth-order valence-corrected chi connectivity index (χ4v) is 7.42. The molecule has 3 aliphatic rings. The lowest BCUT2D eigenvalue weighted by molar-refractivity contribution is -0.384. The zero-order chi connectivity index (χ0) is 25.9. The number of benzene rings is 2. The third kappa shape index (κ3) is 3.86. The van der Waals surface area contributed by atoms with E-state index in [1.54, 1.807) is 0 Å². The van der Waals surface area contributed by atoms with Crippen molar-refractivity contribution in [3.05, 3.63) is 75.6 Å². The number of ketones is 1. The van der Waals surface area contributed by atoms with Gasteiger partial charge in [0.25, 0.3) is 23.4 Å². The summed E-state index contributed by atoms with van der Waals surface area (Å²) in [6.07, 6.45) is 0.692. The molecule has 0 spiro atoms. The highest BCUT2D eigenvalue weighted by Gasteiger charge is 2.67. The molecule has 1 aliphatic heterocycles. The molecule has 2 aliphatic carbocycles. The fraction of sp³-hybridized carbons (Fsp3) is 0.333. The quantitative estimate of drug-likeness (QED) is 0.159. The Morgan fingerprint density at radius 3 is 1.94 bits per heavy atom. The molecule has 0 N–H and O–H groups in total. The highest BCUT2D eigenvalue weighted by Crippen LogP contribution is 2.60. The van der Waals surface area contributed by atoms with Crippen LogP contribution in [0, 0.1) is 39.6 Å². The van der Waals surface area contributed by atoms with Crippen LogP contribution < -0.4 is 0 Å². The largest absolute Gasteiger partial charge is 0.292 e. The van der Waals surface area contributed by atoms with E-state index in [4.69, 9.17) is 0 Å². The molecule has 2 aromatic carbocycles. The number of nitrogens with zero attached hydrogens (tertiary/aromatic N) is 3. The number of hydrogen-bond acceptors (Lipinski definition) is 6. The number of Topliss-reactive ketones (excluding diaryl/α,β-unsaturated/α-hetero) is 1. The Hall–Kier alpha value is -2.99. The van der Waals surface area contributed by atoms with Crippen LogP contribution in [0.2, 0.25) is 0 Å². The number of rotatable bonds is 6. The summed E-state index contributed by atoms with van der Waals surface area (Å²) >= 11 is 7.23. The molecule has 2 bridgehead atoms. The molecule has 12 heteroatoms. The number of non-ortho nitro benzene ring substituents is 1. The molecule has 1 heterocycles. The SMILES string of the molecule is O=C(CN(C(=O)c1ccc([N+](=O)[O-])cc1)N1C(=O)[C@@H]2[C@H]3C[C@@H]([C@H](Br)[C@H]3Br)[C@@H]2C1=O)c1ccc(F)cc1. The molecule has 36 heavy (non-hydrogen) atoms. The Bertz CT molecular complexity index is 1260. The Kier molecular flexibility index (Phi) is 6.27. The first-order chi connectivity index (χ1) is 17.1. The van der Waals surface area contributed by atoms with Gasteiger partial charge in [-0.1, -0.05) is 31.9 Å². The summed E-state index contributed by atoms with van der Waals surface area (Å²) < 4.78 is 13.3. The van der Waals surface area contributed by atoms with Gasteiger partial charge in [0.2, 0.25) is 0 Å². The van der Waals surface area contributed by atoms with Gasteiger partial charge in [0, 0.05) is 32.9 Å². The number of carbonyl (C=O) groups excluding carboxylic acids is 4.